The summed E-state index contributed by atoms with van der Waals surface area (Å²) < 4.78 is 0. The third-order valence-electron chi connectivity index (χ3n) is 5.52. The molecule has 170 valence electrons. The van der Waals surface area contributed by atoms with Gasteiger partial charge in [0.25, 0.3) is 0 Å². The van der Waals surface area contributed by atoms with Crippen molar-refractivity contribution >= 4 is 0 Å². The van der Waals surface area contributed by atoms with E-state index in [1.165, 1.54) is 77.0 Å². The minimum atomic E-state index is -0.224. The van der Waals surface area contributed by atoms with Crippen molar-refractivity contribution in [1.29, 1.82) is 0 Å². The third kappa shape index (κ3) is 22.1. The van der Waals surface area contributed by atoms with Gasteiger partial charge in [-0.3, -0.25) is 0 Å². The summed E-state index contributed by atoms with van der Waals surface area (Å²) in [5.74, 6) is 0. The number of hydrogen-bond acceptors (Lipinski definition) is 4. The molecule has 0 rings (SSSR count). The highest BCUT2D eigenvalue weighted by atomic mass is 16.3. The van der Waals surface area contributed by atoms with Gasteiger partial charge in [0.2, 0.25) is 0 Å². The molecule has 0 aromatic heterocycles. The molecule has 0 aromatic carbocycles. The molecule has 28 heavy (non-hydrogen) atoms. The molecule has 0 radical (unpaired) electrons. The molecule has 0 bridgehead atoms. The van der Waals surface area contributed by atoms with Crippen LogP contribution in [-0.4, -0.2) is 48.6 Å². The number of nitrogens with one attached hydrogen (secondary N) is 2. The van der Waals surface area contributed by atoms with Gasteiger partial charge in [-0.1, -0.05) is 104 Å². The van der Waals surface area contributed by atoms with E-state index in [0.717, 1.165) is 38.8 Å². The van der Waals surface area contributed by atoms with Crippen LogP contribution in [0.4, 0.5) is 0 Å². The van der Waals surface area contributed by atoms with E-state index in [-0.39, 0.29) is 12.2 Å². The average Bonchev–Trinajstić information content (AvgIpc) is 2.69. The molecule has 0 aliphatic heterocycles. The number of aliphatic hydroxyl groups excluding tert-OH is 2. The van der Waals surface area contributed by atoms with Gasteiger partial charge in [-0.05, 0) is 12.8 Å². The zero-order valence-electron chi connectivity index (χ0n) is 19.2. The Morgan fingerprint density at radius 2 is 0.821 bits per heavy atom. The summed E-state index contributed by atoms with van der Waals surface area (Å²) in [4.78, 5) is 0. The molecule has 0 aliphatic rings. The van der Waals surface area contributed by atoms with Crippen molar-refractivity contribution in [2.45, 2.75) is 129 Å². The van der Waals surface area contributed by atoms with Gasteiger partial charge < -0.3 is 20.8 Å². The van der Waals surface area contributed by atoms with E-state index in [9.17, 15) is 10.2 Å². The van der Waals surface area contributed by atoms with Gasteiger partial charge in [0, 0.05) is 26.2 Å². The van der Waals surface area contributed by atoms with Crippen LogP contribution in [0.15, 0.2) is 0 Å². The van der Waals surface area contributed by atoms with Crippen LogP contribution in [0.1, 0.15) is 117 Å². The highest BCUT2D eigenvalue weighted by molar-refractivity contribution is 4.63. The predicted octanol–water partition coefficient (Wildman–Crippen LogP) is 5.17. The van der Waals surface area contributed by atoms with Gasteiger partial charge in [0.15, 0.2) is 0 Å². The van der Waals surface area contributed by atoms with Gasteiger partial charge in [0.1, 0.15) is 0 Å². The minimum absolute atomic E-state index is 0.224. The van der Waals surface area contributed by atoms with E-state index >= 15 is 0 Å². The first-order valence-electron chi connectivity index (χ1n) is 12.5. The molecule has 0 amide bonds. The van der Waals surface area contributed by atoms with E-state index in [1.54, 1.807) is 0 Å². The molecule has 0 fully saturated rings. The lowest BCUT2D eigenvalue weighted by atomic mass is 10.1. The zero-order chi connectivity index (χ0) is 20.7. The van der Waals surface area contributed by atoms with Crippen LogP contribution >= 0.6 is 0 Å². The highest BCUT2D eigenvalue weighted by Crippen LogP contribution is 2.10. The first-order valence-corrected chi connectivity index (χ1v) is 12.5. The van der Waals surface area contributed by atoms with Crippen LogP contribution in [0.3, 0.4) is 0 Å². The molecule has 0 aromatic rings. The molecular weight excluding hydrogens is 348 g/mol. The Hall–Kier alpha value is -0.160. The first-order chi connectivity index (χ1) is 13.7. The van der Waals surface area contributed by atoms with Crippen molar-refractivity contribution < 1.29 is 10.2 Å². The van der Waals surface area contributed by atoms with Gasteiger partial charge >= 0.3 is 0 Å². The summed E-state index contributed by atoms with van der Waals surface area (Å²) in [7, 11) is 0. The summed E-state index contributed by atoms with van der Waals surface area (Å²) in [6, 6.07) is 0. The van der Waals surface area contributed by atoms with E-state index in [2.05, 4.69) is 24.5 Å². The summed E-state index contributed by atoms with van der Waals surface area (Å²) in [5.41, 5.74) is 0. The fourth-order valence-electron chi connectivity index (χ4n) is 3.59. The van der Waals surface area contributed by atoms with Crippen molar-refractivity contribution in [3.63, 3.8) is 0 Å². The third-order valence-corrected chi connectivity index (χ3v) is 5.52. The minimum Gasteiger partial charge on any atom is -0.392 e. The number of rotatable bonds is 23. The Morgan fingerprint density at radius 3 is 1.18 bits per heavy atom. The molecule has 2 atom stereocenters. The maximum Gasteiger partial charge on any atom is 0.0664 e. The van der Waals surface area contributed by atoms with Crippen LogP contribution in [0, 0.1) is 0 Å². The Balaban J connectivity index is 3.25. The van der Waals surface area contributed by atoms with Gasteiger partial charge in [-0.2, -0.15) is 0 Å². The fraction of sp³-hybridized carbons (Fsp3) is 1.00. The number of unbranched alkanes of at least 4 members (excludes halogenated alkanes) is 12. The maximum atomic E-state index is 10.0. The van der Waals surface area contributed by atoms with Crippen molar-refractivity contribution in [2.75, 3.05) is 26.2 Å². The zero-order valence-corrected chi connectivity index (χ0v) is 19.2. The summed E-state index contributed by atoms with van der Waals surface area (Å²) in [6.07, 6.45) is 19.5. The first kappa shape index (κ1) is 27.8. The second-order valence-electron chi connectivity index (χ2n) is 8.54. The summed E-state index contributed by atoms with van der Waals surface area (Å²) in [6.45, 7) is 7.54. The molecule has 0 aliphatic carbocycles. The average molecular weight is 401 g/mol. The monoisotopic (exact) mass is 400 g/mol. The largest absolute Gasteiger partial charge is 0.392 e. The van der Waals surface area contributed by atoms with Gasteiger partial charge in [-0.25, -0.2) is 0 Å². The molecule has 0 saturated carbocycles. The van der Waals surface area contributed by atoms with E-state index in [1.807, 2.05) is 0 Å². The van der Waals surface area contributed by atoms with Crippen LogP contribution in [0.5, 0.6) is 0 Å². The second kappa shape index (κ2) is 23.1. The normalized spacial score (nSPS) is 13.7. The quantitative estimate of drug-likeness (QED) is 0.179. The number of aliphatic hydroxyl groups is 2. The topological polar surface area (TPSA) is 64.5 Å². The van der Waals surface area contributed by atoms with Crippen LogP contribution in [0.25, 0.3) is 0 Å². The maximum absolute atomic E-state index is 10.0. The fourth-order valence-corrected chi connectivity index (χ4v) is 3.59. The summed E-state index contributed by atoms with van der Waals surface area (Å²) >= 11 is 0. The van der Waals surface area contributed by atoms with Crippen LogP contribution in [-0.2, 0) is 0 Å². The molecule has 4 nitrogen and oxygen atoms in total. The molecule has 4 N–H and O–H groups in total. The lowest BCUT2D eigenvalue weighted by Gasteiger charge is -2.14. The standard InChI is InChI=1S/C24H52N2O2/c1-3-5-7-9-11-13-15-17-23(27)21-25-19-20-26-22-24(28)18-16-14-12-10-8-6-4-2/h23-28H,3-22H2,1-2H3. The van der Waals surface area contributed by atoms with Crippen molar-refractivity contribution in [3.8, 4) is 0 Å². The molecule has 0 spiro atoms. The molecule has 4 heteroatoms. The smallest absolute Gasteiger partial charge is 0.0664 e. The Morgan fingerprint density at radius 1 is 0.500 bits per heavy atom. The van der Waals surface area contributed by atoms with E-state index in [0.29, 0.717) is 13.1 Å². The molecular formula is C24H52N2O2. The van der Waals surface area contributed by atoms with Crippen molar-refractivity contribution in [1.82, 2.24) is 10.6 Å². The predicted molar refractivity (Wildman–Crippen MR) is 123 cm³/mol. The molecule has 0 saturated heterocycles. The van der Waals surface area contributed by atoms with Crippen LogP contribution in [0.2, 0.25) is 0 Å². The Kier molecular flexibility index (Phi) is 23.0. The van der Waals surface area contributed by atoms with E-state index < -0.39 is 0 Å². The Bertz CT molecular complexity index is 262. The molecule has 2 unspecified atom stereocenters. The van der Waals surface area contributed by atoms with E-state index in [4.69, 9.17) is 0 Å². The lowest BCUT2D eigenvalue weighted by Crippen LogP contribution is -2.35. The molecule has 0 heterocycles. The van der Waals surface area contributed by atoms with Crippen LogP contribution < -0.4 is 10.6 Å². The lowest BCUT2D eigenvalue weighted by molar-refractivity contribution is 0.153. The Labute approximate surface area is 176 Å². The van der Waals surface area contributed by atoms with Crippen molar-refractivity contribution in [2.24, 2.45) is 0 Å². The SMILES string of the molecule is CCCCCCCCCC(O)CNCCNCC(O)CCCCCCCCC. The second-order valence-corrected chi connectivity index (χ2v) is 8.54. The van der Waals surface area contributed by atoms with Gasteiger partial charge in [0.05, 0.1) is 12.2 Å². The van der Waals surface area contributed by atoms with Gasteiger partial charge in [-0.15, -0.1) is 0 Å². The van der Waals surface area contributed by atoms with Crippen molar-refractivity contribution in [3.05, 3.63) is 0 Å². The number of hydrogen-bond donors (Lipinski definition) is 4. The summed E-state index contributed by atoms with van der Waals surface area (Å²) in [5, 5.41) is 26.6. The highest BCUT2D eigenvalue weighted by Gasteiger charge is 2.05.